The predicted molar refractivity (Wildman–Crippen MR) is 75.6 cm³/mol. The topological polar surface area (TPSA) is 46.0 Å². The summed E-state index contributed by atoms with van der Waals surface area (Å²) in [5.74, 6) is 0. The summed E-state index contributed by atoms with van der Waals surface area (Å²) in [6.07, 6.45) is 2.67. The second kappa shape index (κ2) is 4.76. The fourth-order valence-corrected chi connectivity index (χ4v) is 3.35. The zero-order valence-electron chi connectivity index (χ0n) is 9.25. The van der Waals surface area contributed by atoms with Crippen LogP contribution in [0.4, 0.5) is 0 Å². The molecule has 2 heterocycles. The third-order valence-electron chi connectivity index (χ3n) is 2.75. The molecule has 90 valence electrons. The van der Waals surface area contributed by atoms with Gasteiger partial charge in [0.05, 0.1) is 11.0 Å². The molecule has 1 atom stereocenters. The van der Waals surface area contributed by atoms with Gasteiger partial charge >= 0.3 is 0 Å². The highest BCUT2D eigenvalue weighted by atomic mass is 79.9. The first-order chi connectivity index (χ1) is 8.75. The molecule has 1 N–H and O–H groups in total. The molecule has 0 aliphatic carbocycles. The molecule has 0 radical (unpaired) electrons. The lowest BCUT2D eigenvalue weighted by molar-refractivity contribution is 0.220. The molecular formula is C13H9BrN2OS. The second-order valence-corrected chi connectivity index (χ2v) is 5.48. The number of rotatable bonds is 2. The Morgan fingerprint density at radius 3 is 2.61 bits per heavy atom. The highest BCUT2D eigenvalue weighted by Crippen LogP contribution is 2.32. The van der Waals surface area contributed by atoms with Gasteiger partial charge in [0.25, 0.3) is 0 Å². The quantitative estimate of drug-likeness (QED) is 0.785. The average Bonchev–Trinajstić information content (AvgIpc) is 2.83. The van der Waals surface area contributed by atoms with Crippen LogP contribution in [0.2, 0.25) is 0 Å². The Morgan fingerprint density at radius 1 is 1.11 bits per heavy atom. The van der Waals surface area contributed by atoms with E-state index in [-0.39, 0.29) is 0 Å². The lowest BCUT2D eigenvalue weighted by Gasteiger charge is -2.10. The standard InChI is InChI=1S/C13H9BrN2OS/c14-10-7-18-6-9(10)13(17)8-1-2-11-12(5-8)16-4-3-15-11/h1-7,13,17H. The molecule has 0 aliphatic rings. The Kier molecular flexibility index (Phi) is 3.11. The van der Waals surface area contributed by atoms with Gasteiger partial charge in [-0.05, 0) is 39.0 Å². The first-order valence-corrected chi connectivity index (χ1v) is 7.09. The van der Waals surface area contributed by atoms with Crippen LogP contribution in [0.3, 0.4) is 0 Å². The van der Waals surface area contributed by atoms with Crippen molar-refractivity contribution in [3.63, 3.8) is 0 Å². The largest absolute Gasteiger partial charge is 0.384 e. The summed E-state index contributed by atoms with van der Waals surface area (Å²) in [6.45, 7) is 0. The van der Waals surface area contributed by atoms with Crippen LogP contribution >= 0.6 is 27.3 Å². The molecule has 0 saturated heterocycles. The predicted octanol–water partition coefficient (Wildman–Crippen LogP) is 3.54. The fourth-order valence-electron chi connectivity index (χ4n) is 1.82. The van der Waals surface area contributed by atoms with E-state index in [1.807, 2.05) is 29.0 Å². The minimum atomic E-state index is -0.642. The fraction of sp³-hybridized carbons (Fsp3) is 0.0769. The molecule has 0 saturated carbocycles. The third-order valence-corrected chi connectivity index (χ3v) is 4.50. The van der Waals surface area contributed by atoms with Gasteiger partial charge in [-0.1, -0.05) is 6.07 Å². The summed E-state index contributed by atoms with van der Waals surface area (Å²) in [4.78, 5) is 8.46. The molecule has 1 unspecified atom stereocenters. The van der Waals surface area contributed by atoms with Gasteiger partial charge in [0.2, 0.25) is 0 Å². The van der Waals surface area contributed by atoms with Crippen LogP contribution in [-0.2, 0) is 0 Å². The average molecular weight is 321 g/mol. The molecule has 0 amide bonds. The summed E-state index contributed by atoms with van der Waals surface area (Å²) in [7, 11) is 0. The summed E-state index contributed by atoms with van der Waals surface area (Å²) in [5.41, 5.74) is 3.32. The van der Waals surface area contributed by atoms with E-state index in [9.17, 15) is 5.11 Å². The number of aliphatic hydroxyl groups excluding tert-OH is 1. The van der Waals surface area contributed by atoms with Crippen molar-refractivity contribution >= 4 is 38.3 Å². The first-order valence-electron chi connectivity index (χ1n) is 5.36. The van der Waals surface area contributed by atoms with E-state index >= 15 is 0 Å². The van der Waals surface area contributed by atoms with Gasteiger partial charge in [0.1, 0.15) is 6.10 Å². The first kappa shape index (κ1) is 11.8. The molecule has 3 rings (SSSR count). The summed E-state index contributed by atoms with van der Waals surface area (Å²) in [6, 6.07) is 5.63. The number of aliphatic hydroxyl groups is 1. The number of benzene rings is 1. The highest BCUT2D eigenvalue weighted by molar-refractivity contribution is 9.10. The molecular weight excluding hydrogens is 312 g/mol. The van der Waals surface area contributed by atoms with Crippen molar-refractivity contribution in [1.29, 1.82) is 0 Å². The Labute approximate surface area is 116 Å². The van der Waals surface area contributed by atoms with Crippen molar-refractivity contribution in [2.45, 2.75) is 6.10 Å². The SMILES string of the molecule is OC(c1ccc2nccnc2c1)c1cscc1Br. The zero-order chi connectivity index (χ0) is 12.5. The Bertz CT molecular complexity index is 698. The van der Waals surface area contributed by atoms with Gasteiger partial charge in [0, 0.05) is 27.8 Å². The number of halogens is 1. The number of thiophene rings is 1. The van der Waals surface area contributed by atoms with E-state index in [0.29, 0.717) is 0 Å². The number of aromatic nitrogens is 2. The lowest BCUT2D eigenvalue weighted by atomic mass is 10.0. The van der Waals surface area contributed by atoms with Crippen LogP contribution in [0.5, 0.6) is 0 Å². The van der Waals surface area contributed by atoms with Crippen LogP contribution < -0.4 is 0 Å². The van der Waals surface area contributed by atoms with Crippen molar-refractivity contribution in [3.05, 3.63) is 57.0 Å². The maximum atomic E-state index is 10.3. The van der Waals surface area contributed by atoms with Gasteiger partial charge in [0.15, 0.2) is 0 Å². The molecule has 0 spiro atoms. The van der Waals surface area contributed by atoms with Crippen LogP contribution in [0.25, 0.3) is 11.0 Å². The van der Waals surface area contributed by atoms with Gasteiger partial charge in [-0.3, -0.25) is 9.97 Å². The molecule has 0 bridgehead atoms. The molecule has 18 heavy (non-hydrogen) atoms. The Morgan fingerprint density at radius 2 is 1.89 bits per heavy atom. The van der Waals surface area contributed by atoms with E-state index in [2.05, 4.69) is 25.9 Å². The minimum Gasteiger partial charge on any atom is -0.384 e. The molecule has 0 fully saturated rings. The van der Waals surface area contributed by atoms with Gasteiger partial charge in [-0.15, -0.1) is 0 Å². The molecule has 1 aromatic carbocycles. The monoisotopic (exact) mass is 320 g/mol. The number of hydrogen-bond donors (Lipinski definition) is 1. The molecule has 2 aromatic heterocycles. The van der Waals surface area contributed by atoms with E-state index in [1.165, 1.54) is 0 Å². The van der Waals surface area contributed by atoms with Crippen LogP contribution in [-0.4, -0.2) is 15.1 Å². The van der Waals surface area contributed by atoms with Crippen LogP contribution in [0.1, 0.15) is 17.2 Å². The zero-order valence-corrected chi connectivity index (χ0v) is 11.6. The second-order valence-electron chi connectivity index (χ2n) is 3.88. The normalized spacial score (nSPS) is 12.8. The maximum absolute atomic E-state index is 10.3. The molecule has 3 nitrogen and oxygen atoms in total. The van der Waals surface area contributed by atoms with Gasteiger partial charge in [-0.2, -0.15) is 11.3 Å². The van der Waals surface area contributed by atoms with Gasteiger partial charge < -0.3 is 5.11 Å². The van der Waals surface area contributed by atoms with Crippen molar-refractivity contribution in [3.8, 4) is 0 Å². The third kappa shape index (κ3) is 2.05. The molecule has 5 heteroatoms. The van der Waals surface area contributed by atoms with E-state index in [1.54, 1.807) is 23.7 Å². The Hall–Kier alpha value is -1.30. The smallest absolute Gasteiger partial charge is 0.106 e. The summed E-state index contributed by atoms with van der Waals surface area (Å²) < 4.78 is 0.930. The van der Waals surface area contributed by atoms with Crippen LogP contribution in [0, 0.1) is 0 Å². The van der Waals surface area contributed by atoms with E-state index in [0.717, 1.165) is 26.6 Å². The van der Waals surface area contributed by atoms with Gasteiger partial charge in [-0.25, -0.2) is 0 Å². The van der Waals surface area contributed by atoms with Crippen molar-refractivity contribution < 1.29 is 5.11 Å². The highest BCUT2D eigenvalue weighted by Gasteiger charge is 2.15. The van der Waals surface area contributed by atoms with Crippen molar-refractivity contribution in [2.24, 2.45) is 0 Å². The molecule has 3 aromatic rings. The summed E-state index contributed by atoms with van der Waals surface area (Å²) >= 11 is 4.99. The van der Waals surface area contributed by atoms with Crippen LogP contribution in [0.15, 0.2) is 45.8 Å². The van der Waals surface area contributed by atoms with Crippen molar-refractivity contribution in [2.75, 3.05) is 0 Å². The Balaban J connectivity index is 2.07. The number of nitrogens with zero attached hydrogens (tertiary/aromatic N) is 2. The number of fused-ring (bicyclic) bond motifs is 1. The lowest BCUT2D eigenvalue weighted by Crippen LogP contribution is -1.99. The van der Waals surface area contributed by atoms with E-state index in [4.69, 9.17) is 0 Å². The minimum absolute atomic E-state index is 0.642. The summed E-state index contributed by atoms with van der Waals surface area (Å²) in [5, 5.41) is 14.2. The van der Waals surface area contributed by atoms with Crippen molar-refractivity contribution in [1.82, 2.24) is 9.97 Å². The van der Waals surface area contributed by atoms with E-state index < -0.39 is 6.10 Å². The maximum Gasteiger partial charge on any atom is 0.106 e. The molecule has 0 aliphatic heterocycles. The number of hydrogen-bond acceptors (Lipinski definition) is 4.